The zero-order valence-electron chi connectivity index (χ0n) is 17.8. The Kier molecular flexibility index (Phi) is 5.71. The molecule has 3 rings (SSSR count). The normalized spacial score (nSPS) is 19.7. The van der Waals surface area contributed by atoms with Crippen LogP contribution in [-0.4, -0.2) is 29.1 Å². The van der Waals surface area contributed by atoms with Crippen LogP contribution in [0.25, 0.3) is 11.0 Å². The van der Waals surface area contributed by atoms with Gasteiger partial charge in [-0.1, -0.05) is 11.6 Å². The molecule has 1 aliphatic heterocycles. The summed E-state index contributed by atoms with van der Waals surface area (Å²) in [6, 6.07) is 4.71. The van der Waals surface area contributed by atoms with Crippen LogP contribution in [0.2, 0.25) is 5.02 Å². The standard InChI is InChI=1S/C22H29ClN2O4/c1-12-7-19(26)29-17-9-18(16(23)8-15(12)17)28-13(2)20(27)24-14-10-21(3,4)25-22(5,6)11-14/h7-9,13-14,25H,10-11H2,1-6H3,(H,24,27). The Balaban J connectivity index is 1.74. The van der Waals surface area contributed by atoms with Gasteiger partial charge in [0.25, 0.3) is 5.91 Å². The van der Waals surface area contributed by atoms with Crippen LogP contribution < -0.4 is 21.0 Å². The summed E-state index contributed by atoms with van der Waals surface area (Å²) in [5.41, 5.74) is 0.572. The van der Waals surface area contributed by atoms with Crippen molar-refractivity contribution in [1.29, 1.82) is 0 Å². The second-order valence-corrected chi connectivity index (χ2v) is 9.70. The van der Waals surface area contributed by atoms with Crippen LogP contribution in [0, 0.1) is 6.92 Å². The fraction of sp³-hybridized carbons (Fsp3) is 0.545. The first-order valence-electron chi connectivity index (χ1n) is 9.86. The van der Waals surface area contributed by atoms with Gasteiger partial charge in [0, 0.05) is 34.6 Å². The smallest absolute Gasteiger partial charge is 0.336 e. The van der Waals surface area contributed by atoms with Gasteiger partial charge in [-0.25, -0.2) is 4.79 Å². The van der Waals surface area contributed by atoms with Gasteiger partial charge in [-0.05, 0) is 66.0 Å². The summed E-state index contributed by atoms with van der Waals surface area (Å²) in [4.78, 5) is 24.4. The number of rotatable bonds is 4. The molecule has 6 nitrogen and oxygen atoms in total. The largest absolute Gasteiger partial charge is 0.479 e. The van der Waals surface area contributed by atoms with Gasteiger partial charge in [0.05, 0.1) is 5.02 Å². The average Bonchev–Trinajstić information content (AvgIpc) is 2.53. The first-order valence-corrected chi connectivity index (χ1v) is 10.2. The van der Waals surface area contributed by atoms with Crippen LogP contribution in [-0.2, 0) is 4.79 Å². The number of amides is 1. The van der Waals surface area contributed by atoms with Crippen molar-refractivity contribution < 1.29 is 13.9 Å². The van der Waals surface area contributed by atoms with Crippen LogP contribution in [0.4, 0.5) is 0 Å². The number of hydrogen-bond donors (Lipinski definition) is 2. The van der Waals surface area contributed by atoms with Gasteiger partial charge >= 0.3 is 5.63 Å². The number of carbonyl (C=O) groups is 1. The lowest BCUT2D eigenvalue weighted by molar-refractivity contribution is -0.128. The number of carbonyl (C=O) groups excluding carboxylic acids is 1. The van der Waals surface area contributed by atoms with Crippen molar-refractivity contribution in [3.05, 3.63) is 39.2 Å². The van der Waals surface area contributed by atoms with Crippen molar-refractivity contribution >= 4 is 28.5 Å². The predicted octanol–water partition coefficient (Wildman–Crippen LogP) is 3.95. The Morgan fingerprint density at radius 3 is 2.48 bits per heavy atom. The lowest BCUT2D eigenvalue weighted by Crippen LogP contribution is -2.62. The van der Waals surface area contributed by atoms with Crippen molar-refractivity contribution in [2.24, 2.45) is 0 Å². The maximum Gasteiger partial charge on any atom is 0.336 e. The topological polar surface area (TPSA) is 80.6 Å². The van der Waals surface area contributed by atoms with Gasteiger partial charge in [-0.2, -0.15) is 0 Å². The molecule has 1 aromatic heterocycles. The first kappa shape index (κ1) is 21.7. The molecule has 0 spiro atoms. The van der Waals surface area contributed by atoms with E-state index in [4.69, 9.17) is 20.8 Å². The number of ether oxygens (including phenoxy) is 1. The van der Waals surface area contributed by atoms with Gasteiger partial charge in [0.15, 0.2) is 6.10 Å². The molecule has 0 aliphatic carbocycles. The summed E-state index contributed by atoms with van der Waals surface area (Å²) < 4.78 is 11.1. The van der Waals surface area contributed by atoms with E-state index in [2.05, 4.69) is 38.3 Å². The summed E-state index contributed by atoms with van der Waals surface area (Å²) in [5.74, 6) is 0.104. The molecule has 2 heterocycles. The molecular weight excluding hydrogens is 392 g/mol. The van der Waals surface area contributed by atoms with E-state index in [1.807, 2.05) is 6.92 Å². The molecule has 0 radical (unpaired) electrons. The zero-order chi connectivity index (χ0) is 21.6. The minimum absolute atomic E-state index is 0.0487. The van der Waals surface area contributed by atoms with Crippen LogP contribution in [0.3, 0.4) is 0 Å². The van der Waals surface area contributed by atoms with E-state index < -0.39 is 11.7 Å². The lowest BCUT2D eigenvalue weighted by Gasteiger charge is -2.46. The van der Waals surface area contributed by atoms with Crippen LogP contribution in [0.15, 0.2) is 27.4 Å². The summed E-state index contributed by atoms with van der Waals surface area (Å²) in [5, 5.41) is 7.80. The Bertz CT molecular complexity index is 980. The highest BCUT2D eigenvalue weighted by molar-refractivity contribution is 6.32. The monoisotopic (exact) mass is 420 g/mol. The second kappa shape index (κ2) is 7.65. The molecule has 7 heteroatoms. The third kappa shape index (κ3) is 5.11. The van der Waals surface area contributed by atoms with Crippen LogP contribution >= 0.6 is 11.6 Å². The molecule has 1 saturated heterocycles. The molecular formula is C22H29ClN2O4. The molecule has 2 aromatic rings. The average molecular weight is 421 g/mol. The molecule has 2 N–H and O–H groups in total. The van der Waals surface area contributed by atoms with Crippen LogP contribution in [0.1, 0.15) is 53.0 Å². The summed E-state index contributed by atoms with van der Waals surface area (Å²) in [6.07, 6.45) is 0.911. The number of fused-ring (bicyclic) bond motifs is 1. The van der Waals surface area contributed by atoms with Gasteiger partial charge in [-0.15, -0.1) is 0 Å². The molecule has 1 fully saturated rings. The quantitative estimate of drug-likeness (QED) is 0.732. The molecule has 1 atom stereocenters. The first-order chi connectivity index (χ1) is 13.3. The van der Waals surface area contributed by atoms with E-state index in [9.17, 15) is 9.59 Å². The van der Waals surface area contributed by atoms with Crippen molar-refractivity contribution in [3.8, 4) is 5.75 Å². The highest BCUT2D eigenvalue weighted by atomic mass is 35.5. The predicted molar refractivity (Wildman–Crippen MR) is 115 cm³/mol. The fourth-order valence-electron chi connectivity index (χ4n) is 4.40. The van der Waals surface area contributed by atoms with Crippen molar-refractivity contribution in [3.63, 3.8) is 0 Å². The Morgan fingerprint density at radius 2 is 1.86 bits per heavy atom. The second-order valence-electron chi connectivity index (χ2n) is 9.29. The molecule has 158 valence electrons. The number of aryl methyl sites for hydroxylation is 1. The number of piperidine rings is 1. The SMILES string of the molecule is Cc1cc(=O)oc2cc(OC(C)C(=O)NC3CC(C)(C)NC(C)(C)C3)c(Cl)cc12. The highest BCUT2D eigenvalue weighted by Gasteiger charge is 2.38. The fourth-order valence-corrected chi connectivity index (χ4v) is 4.61. The van der Waals surface area contributed by atoms with Crippen molar-refractivity contribution in [2.45, 2.75) is 77.6 Å². The molecule has 1 amide bonds. The number of benzene rings is 1. The number of hydrogen-bond acceptors (Lipinski definition) is 5. The highest BCUT2D eigenvalue weighted by Crippen LogP contribution is 2.32. The number of halogens is 1. The maximum atomic E-state index is 12.7. The maximum absolute atomic E-state index is 12.7. The van der Waals surface area contributed by atoms with Gasteiger partial charge in [-0.3, -0.25) is 4.79 Å². The van der Waals surface area contributed by atoms with Gasteiger partial charge < -0.3 is 19.8 Å². The molecule has 0 saturated carbocycles. The van der Waals surface area contributed by atoms with Crippen LogP contribution in [0.5, 0.6) is 5.75 Å². The lowest BCUT2D eigenvalue weighted by atomic mass is 9.79. The van der Waals surface area contributed by atoms with Gasteiger partial charge in [0.2, 0.25) is 0 Å². The van der Waals surface area contributed by atoms with E-state index in [-0.39, 0.29) is 23.0 Å². The van der Waals surface area contributed by atoms with Gasteiger partial charge in [0.1, 0.15) is 11.3 Å². The molecule has 0 bridgehead atoms. The minimum Gasteiger partial charge on any atom is -0.479 e. The van der Waals surface area contributed by atoms with Crippen molar-refractivity contribution in [2.75, 3.05) is 0 Å². The zero-order valence-corrected chi connectivity index (χ0v) is 18.6. The number of nitrogens with one attached hydrogen (secondary N) is 2. The van der Waals surface area contributed by atoms with E-state index >= 15 is 0 Å². The third-order valence-corrected chi connectivity index (χ3v) is 5.51. The molecule has 1 aliphatic rings. The minimum atomic E-state index is -0.748. The summed E-state index contributed by atoms with van der Waals surface area (Å²) in [7, 11) is 0. The van der Waals surface area contributed by atoms with E-state index in [1.54, 1.807) is 19.1 Å². The Morgan fingerprint density at radius 1 is 1.24 bits per heavy atom. The summed E-state index contributed by atoms with van der Waals surface area (Å²) in [6.45, 7) is 12.0. The Labute approximate surface area is 175 Å². The van der Waals surface area contributed by atoms with E-state index in [0.717, 1.165) is 23.8 Å². The molecule has 1 unspecified atom stereocenters. The van der Waals surface area contributed by atoms with E-state index in [0.29, 0.717) is 16.4 Å². The third-order valence-electron chi connectivity index (χ3n) is 5.21. The Hall–Kier alpha value is -2.05. The molecule has 1 aromatic carbocycles. The van der Waals surface area contributed by atoms with E-state index in [1.165, 1.54) is 6.07 Å². The molecule has 29 heavy (non-hydrogen) atoms. The van der Waals surface area contributed by atoms with Crippen molar-refractivity contribution in [1.82, 2.24) is 10.6 Å². The summed E-state index contributed by atoms with van der Waals surface area (Å²) >= 11 is 6.35.